The lowest BCUT2D eigenvalue weighted by atomic mass is 9.67. The Bertz CT molecular complexity index is 3290. The van der Waals surface area contributed by atoms with Crippen molar-refractivity contribution < 1.29 is 0 Å². The van der Waals surface area contributed by atoms with Gasteiger partial charge >= 0.3 is 0 Å². The van der Waals surface area contributed by atoms with Gasteiger partial charge in [0, 0.05) is 22.4 Å². The fourth-order valence-electron chi connectivity index (χ4n) is 11.2. The summed E-state index contributed by atoms with van der Waals surface area (Å²) in [4.78, 5) is 2.49. The van der Waals surface area contributed by atoms with Crippen molar-refractivity contribution in [2.45, 2.75) is 24.7 Å². The number of hydrogen-bond acceptors (Lipinski definition) is 1. The molecule has 0 radical (unpaired) electrons. The summed E-state index contributed by atoms with van der Waals surface area (Å²) in [5.41, 5.74) is 20.8. The van der Waals surface area contributed by atoms with Crippen LogP contribution in [0.4, 0.5) is 17.1 Å². The maximum Gasteiger partial charge on any atom is 0.0713 e. The molecule has 0 saturated heterocycles. The second-order valence-corrected chi connectivity index (χ2v) is 17.6. The fourth-order valence-corrected chi connectivity index (χ4v) is 11.2. The Kier molecular flexibility index (Phi) is 8.49. The molecule has 0 fully saturated rings. The molecule has 2 aliphatic rings. The van der Waals surface area contributed by atoms with Crippen LogP contribution >= 0.6 is 0 Å². The van der Waals surface area contributed by atoms with Gasteiger partial charge in [-0.15, -0.1) is 0 Å². The van der Waals surface area contributed by atoms with Gasteiger partial charge in [0.25, 0.3) is 0 Å². The van der Waals surface area contributed by atoms with E-state index in [1.807, 2.05) is 0 Å². The van der Waals surface area contributed by atoms with Gasteiger partial charge < -0.3 is 4.90 Å². The summed E-state index contributed by atoms with van der Waals surface area (Å²) in [5.74, 6) is 0. The van der Waals surface area contributed by atoms with Crippen LogP contribution in [0.15, 0.2) is 237 Å². The van der Waals surface area contributed by atoms with Crippen LogP contribution in [0.3, 0.4) is 0 Å². The van der Waals surface area contributed by atoms with Crippen LogP contribution in [-0.4, -0.2) is 0 Å². The Hall–Kier alpha value is -7.74. The first-order chi connectivity index (χ1) is 31.0. The molecule has 298 valence electrons. The predicted molar refractivity (Wildman–Crippen MR) is 264 cm³/mol. The summed E-state index contributed by atoms with van der Waals surface area (Å²) < 4.78 is 0. The molecule has 0 N–H and O–H groups in total. The van der Waals surface area contributed by atoms with E-state index in [-0.39, 0.29) is 5.41 Å². The summed E-state index contributed by atoms with van der Waals surface area (Å²) in [6, 6.07) is 87.6. The third-order valence-corrected chi connectivity index (χ3v) is 13.9. The third-order valence-electron chi connectivity index (χ3n) is 13.9. The minimum Gasteiger partial charge on any atom is -0.310 e. The van der Waals surface area contributed by atoms with E-state index in [1.165, 1.54) is 94.3 Å². The molecule has 0 amide bonds. The zero-order chi connectivity index (χ0) is 42.1. The summed E-state index contributed by atoms with van der Waals surface area (Å²) in [6.07, 6.45) is 0. The van der Waals surface area contributed by atoms with Crippen molar-refractivity contribution in [3.8, 4) is 44.5 Å². The Balaban J connectivity index is 1.06. The van der Waals surface area contributed by atoms with Gasteiger partial charge in [0.1, 0.15) is 0 Å². The Morgan fingerprint density at radius 2 is 0.825 bits per heavy atom. The summed E-state index contributed by atoms with van der Waals surface area (Å²) in [5, 5.41) is 2.56. The van der Waals surface area contributed by atoms with Gasteiger partial charge in [-0.05, 0) is 113 Å². The van der Waals surface area contributed by atoms with Gasteiger partial charge in [-0.2, -0.15) is 0 Å². The minimum atomic E-state index is -0.451. The highest BCUT2D eigenvalue weighted by atomic mass is 15.1. The molecule has 0 aliphatic heterocycles. The van der Waals surface area contributed by atoms with Gasteiger partial charge in [0.15, 0.2) is 0 Å². The maximum absolute atomic E-state index is 2.49. The molecule has 12 rings (SSSR count). The van der Waals surface area contributed by atoms with Crippen molar-refractivity contribution >= 4 is 27.8 Å². The normalized spacial score (nSPS) is 13.8. The van der Waals surface area contributed by atoms with E-state index in [1.54, 1.807) is 0 Å². The number of benzene rings is 10. The maximum atomic E-state index is 2.49. The first-order valence-electron chi connectivity index (χ1n) is 22.1. The molecule has 0 saturated carbocycles. The molecular weight excluding hydrogens is 759 g/mol. The predicted octanol–water partition coefficient (Wildman–Crippen LogP) is 16.3. The highest BCUT2D eigenvalue weighted by molar-refractivity contribution is 6.06. The molecule has 0 aromatic heterocycles. The molecule has 10 aromatic carbocycles. The van der Waals surface area contributed by atoms with Gasteiger partial charge in [0.2, 0.25) is 0 Å². The average Bonchev–Trinajstić information content (AvgIpc) is 3.79. The molecule has 0 unspecified atom stereocenters. The van der Waals surface area contributed by atoms with Crippen LogP contribution < -0.4 is 4.90 Å². The molecular formula is C62H45N. The lowest BCUT2D eigenvalue weighted by Gasteiger charge is -2.34. The second kappa shape index (κ2) is 14.4. The van der Waals surface area contributed by atoms with Crippen LogP contribution in [0.5, 0.6) is 0 Å². The quantitative estimate of drug-likeness (QED) is 0.155. The third kappa shape index (κ3) is 5.56. The van der Waals surface area contributed by atoms with E-state index in [0.717, 1.165) is 11.4 Å². The lowest BCUT2D eigenvalue weighted by Crippen LogP contribution is -2.28. The zero-order valence-corrected chi connectivity index (χ0v) is 35.5. The van der Waals surface area contributed by atoms with Gasteiger partial charge in [-0.3, -0.25) is 0 Å². The van der Waals surface area contributed by atoms with E-state index >= 15 is 0 Å². The average molecular weight is 804 g/mol. The topological polar surface area (TPSA) is 3.24 Å². The molecule has 63 heavy (non-hydrogen) atoms. The number of rotatable bonds is 7. The largest absolute Gasteiger partial charge is 0.310 e. The van der Waals surface area contributed by atoms with Gasteiger partial charge in [-0.1, -0.05) is 220 Å². The van der Waals surface area contributed by atoms with Crippen molar-refractivity contribution in [1.82, 2.24) is 0 Å². The van der Waals surface area contributed by atoms with Crippen molar-refractivity contribution in [3.05, 3.63) is 270 Å². The van der Waals surface area contributed by atoms with Crippen LogP contribution in [0.1, 0.15) is 47.2 Å². The molecule has 2 aliphatic carbocycles. The highest BCUT2D eigenvalue weighted by Crippen LogP contribution is 2.59. The standard InChI is InChI=1S/C62H45N/c1-61(2)54-30-16-14-27-52(54)59-57(41-45-21-12-13-26-51(45)60(59)61)63(48-37-33-43(34-38-48)42-19-6-3-7-20-42)49-39-35-44(36-40-49)50-29-18-32-56-58(50)53-28-15-17-31-55(53)62(56,46-22-8-4-9-23-46)47-24-10-5-11-25-47/h3-41H,1-2H3. The number of fused-ring (bicyclic) bond motifs is 8. The van der Waals surface area contributed by atoms with E-state index in [4.69, 9.17) is 0 Å². The summed E-state index contributed by atoms with van der Waals surface area (Å²) in [6.45, 7) is 4.78. The number of hydrogen-bond donors (Lipinski definition) is 0. The molecule has 0 spiro atoms. The smallest absolute Gasteiger partial charge is 0.0713 e. The van der Waals surface area contributed by atoms with Crippen LogP contribution in [0, 0.1) is 0 Å². The second-order valence-electron chi connectivity index (χ2n) is 17.6. The lowest BCUT2D eigenvalue weighted by molar-refractivity contribution is 0.666. The molecule has 0 bridgehead atoms. The first-order valence-corrected chi connectivity index (χ1v) is 22.1. The van der Waals surface area contributed by atoms with E-state index in [0.29, 0.717) is 0 Å². The van der Waals surface area contributed by atoms with Crippen LogP contribution in [0.25, 0.3) is 55.3 Å². The SMILES string of the molecule is CC1(C)c2ccccc2-c2c(N(c3ccc(-c4ccccc4)cc3)c3ccc(-c4cccc5c4-c4ccccc4C5(c4ccccc4)c4ccccc4)cc3)cc3ccccc3c21. The Labute approximate surface area is 370 Å². The molecule has 0 atom stereocenters. The van der Waals surface area contributed by atoms with Crippen molar-refractivity contribution in [3.63, 3.8) is 0 Å². The van der Waals surface area contributed by atoms with Crippen LogP contribution in [-0.2, 0) is 10.8 Å². The fraction of sp³-hybridized carbons (Fsp3) is 0.0645. The van der Waals surface area contributed by atoms with E-state index in [2.05, 4.69) is 255 Å². The van der Waals surface area contributed by atoms with Crippen LogP contribution in [0.2, 0.25) is 0 Å². The van der Waals surface area contributed by atoms with Crippen molar-refractivity contribution in [2.75, 3.05) is 4.90 Å². The van der Waals surface area contributed by atoms with E-state index < -0.39 is 5.41 Å². The van der Waals surface area contributed by atoms with Gasteiger partial charge in [0.05, 0.1) is 11.1 Å². The van der Waals surface area contributed by atoms with Crippen molar-refractivity contribution in [1.29, 1.82) is 0 Å². The zero-order valence-electron chi connectivity index (χ0n) is 35.5. The first kappa shape index (κ1) is 37.1. The number of anilines is 3. The van der Waals surface area contributed by atoms with E-state index in [9.17, 15) is 0 Å². The Morgan fingerprint density at radius 3 is 1.48 bits per heavy atom. The molecule has 1 heteroatoms. The van der Waals surface area contributed by atoms with Crippen molar-refractivity contribution in [2.24, 2.45) is 0 Å². The highest BCUT2D eigenvalue weighted by Gasteiger charge is 2.47. The number of nitrogens with zero attached hydrogens (tertiary/aromatic N) is 1. The summed E-state index contributed by atoms with van der Waals surface area (Å²) >= 11 is 0. The summed E-state index contributed by atoms with van der Waals surface area (Å²) in [7, 11) is 0. The molecule has 1 nitrogen and oxygen atoms in total. The Morgan fingerprint density at radius 1 is 0.349 bits per heavy atom. The molecule has 10 aromatic rings. The molecule has 0 heterocycles. The minimum absolute atomic E-state index is 0.174. The monoisotopic (exact) mass is 803 g/mol. The van der Waals surface area contributed by atoms with Gasteiger partial charge in [-0.25, -0.2) is 0 Å².